The van der Waals surface area contributed by atoms with Crippen molar-refractivity contribution < 1.29 is 0 Å². The number of para-hydroxylation sites is 1. The lowest BCUT2D eigenvalue weighted by atomic mass is 10.2. The van der Waals surface area contributed by atoms with E-state index in [1.54, 1.807) is 0 Å². The Labute approximate surface area is 128 Å². The van der Waals surface area contributed by atoms with Crippen LogP contribution in [0.3, 0.4) is 0 Å². The fourth-order valence-electron chi connectivity index (χ4n) is 2.45. The van der Waals surface area contributed by atoms with E-state index >= 15 is 0 Å². The predicted molar refractivity (Wildman–Crippen MR) is 89.4 cm³/mol. The van der Waals surface area contributed by atoms with Crippen LogP contribution in [0.5, 0.6) is 0 Å². The van der Waals surface area contributed by atoms with Gasteiger partial charge in [-0.25, -0.2) is 4.98 Å². The summed E-state index contributed by atoms with van der Waals surface area (Å²) in [6.45, 7) is 6.68. The number of aromatic nitrogens is 2. The molecular formula is C17H16ClN3. The van der Waals surface area contributed by atoms with Gasteiger partial charge in [0.25, 0.3) is 0 Å². The molecule has 0 unspecified atom stereocenters. The van der Waals surface area contributed by atoms with Gasteiger partial charge in [-0.3, -0.25) is 0 Å². The third-order valence-corrected chi connectivity index (χ3v) is 3.68. The first kappa shape index (κ1) is 13.7. The Hall–Kier alpha value is -2.26. The average Bonchev–Trinajstić information content (AvgIpc) is 2.79. The second kappa shape index (κ2) is 5.26. The number of anilines is 1. The molecule has 3 nitrogen and oxygen atoms in total. The number of benzene rings is 2. The number of halogens is 1. The van der Waals surface area contributed by atoms with Crippen LogP contribution < -0.4 is 5.73 Å². The lowest BCUT2D eigenvalue weighted by molar-refractivity contribution is 0.820. The smallest absolute Gasteiger partial charge is 0.143 e. The van der Waals surface area contributed by atoms with Crippen molar-refractivity contribution in [2.75, 3.05) is 5.73 Å². The Bertz CT molecular complexity index is 833. The Morgan fingerprint density at radius 3 is 2.71 bits per heavy atom. The van der Waals surface area contributed by atoms with Gasteiger partial charge in [-0.15, -0.1) is 0 Å². The van der Waals surface area contributed by atoms with E-state index in [9.17, 15) is 0 Å². The fraction of sp³-hybridized carbons (Fsp3) is 0.118. The summed E-state index contributed by atoms with van der Waals surface area (Å²) < 4.78 is 2.11. The first-order valence-electron chi connectivity index (χ1n) is 6.72. The number of imidazole rings is 1. The zero-order valence-electron chi connectivity index (χ0n) is 11.8. The van der Waals surface area contributed by atoms with Crippen molar-refractivity contribution in [1.82, 2.24) is 9.55 Å². The standard InChI is InChI=1S/C17H16ClN3/c1-11(2)10-21-15-9-5-8-14(19)16(15)20-17(21)12-6-3-4-7-13(12)18/h3-9H,1,10,19H2,2H3. The number of nitrogens with zero attached hydrogens (tertiary/aromatic N) is 2. The maximum atomic E-state index is 6.33. The number of rotatable bonds is 3. The van der Waals surface area contributed by atoms with Crippen LogP contribution in [0.15, 0.2) is 54.6 Å². The van der Waals surface area contributed by atoms with E-state index < -0.39 is 0 Å². The van der Waals surface area contributed by atoms with Gasteiger partial charge in [0.05, 0.1) is 16.2 Å². The summed E-state index contributed by atoms with van der Waals surface area (Å²) in [4.78, 5) is 4.71. The number of hydrogen-bond acceptors (Lipinski definition) is 2. The van der Waals surface area contributed by atoms with E-state index in [4.69, 9.17) is 22.3 Å². The normalized spacial score (nSPS) is 11.0. The van der Waals surface area contributed by atoms with Crippen LogP contribution in [0.25, 0.3) is 22.4 Å². The monoisotopic (exact) mass is 297 g/mol. The van der Waals surface area contributed by atoms with Gasteiger partial charge in [0.15, 0.2) is 0 Å². The molecule has 0 aliphatic carbocycles. The second-order valence-corrected chi connectivity index (χ2v) is 5.58. The van der Waals surface area contributed by atoms with Crippen LogP contribution in [0.1, 0.15) is 6.92 Å². The Kier molecular flexibility index (Phi) is 3.43. The molecule has 0 fully saturated rings. The van der Waals surface area contributed by atoms with Crippen molar-refractivity contribution in [2.24, 2.45) is 0 Å². The molecule has 0 saturated carbocycles. The minimum atomic E-state index is 0.668. The van der Waals surface area contributed by atoms with Crippen molar-refractivity contribution in [3.05, 3.63) is 59.6 Å². The first-order chi connectivity index (χ1) is 10.1. The Morgan fingerprint density at radius 2 is 2.00 bits per heavy atom. The van der Waals surface area contributed by atoms with Crippen molar-refractivity contribution in [1.29, 1.82) is 0 Å². The summed E-state index contributed by atoms with van der Waals surface area (Å²) >= 11 is 6.33. The SMILES string of the molecule is C=C(C)Cn1c(-c2ccccc2Cl)nc2c(N)cccc21. The number of allylic oxidation sites excluding steroid dienone is 1. The molecule has 3 rings (SSSR count). The van der Waals surface area contributed by atoms with Gasteiger partial charge < -0.3 is 10.3 Å². The molecule has 0 bridgehead atoms. The van der Waals surface area contributed by atoms with Crippen LogP contribution in [-0.2, 0) is 6.54 Å². The lowest BCUT2D eigenvalue weighted by Crippen LogP contribution is -2.01. The average molecular weight is 298 g/mol. The minimum Gasteiger partial charge on any atom is -0.397 e. The van der Waals surface area contributed by atoms with Crippen LogP contribution in [0.4, 0.5) is 5.69 Å². The maximum Gasteiger partial charge on any atom is 0.143 e. The number of nitrogens with two attached hydrogens (primary N) is 1. The highest BCUT2D eigenvalue weighted by molar-refractivity contribution is 6.33. The summed E-state index contributed by atoms with van der Waals surface area (Å²) in [7, 11) is 0. The number of fused-ring (bicyclic) bond motifs is 1. The minimum absolute atomic E-state index is 0.668. The van der Waals surface area contributed by atoms with Gasteiger partial charge in [0, 0.05) is 12.1 Å². The number of nitrogen functional groups attached to an aromatic ring is 1. The third kappa shape index (κ3) is 2.41. The van der Waals surface area contributed by atoms with E-state index in [0.29, 0.717) is 17.3 Å². The summed E-state index contributed by atoms with van der Waals surface area (Å²) in [6.07, 6.45) is 0. The topological polar surface area (TPSA) is 43.8 Å². The maximum absolute atomic E-state index is 6.33. The molecule has 3 aromatic rings. The van der Waals surface area contributed by atoms with E-state index in [0.717, 1.165) is 28.0 Å². The highest BCUT2D eigenvalue weighted by Crippen LogP contribution is 2.32. The van der Waals surface area contributed by atoms with Gasteiger partial charge in [0.1, 0.15) is 11.3 Å². The Balaban J connectivity index is 2.33. The highest BCUT2D eigenvalue weighted by Gasteiger charge is 2.16. The van der Waals surface area contributed by atoms with E-state index in [1.165, 1.54) is 0 Å². The first-order valence-corrected chi connectivity index (χ1v) is 7.09. The molecule has 0 spiro atoms. The summed E-state index contributed by atoms with van der Waals surface area (Å²) in [5.41, 5.74) is 10.5. The quantitative estimate of drug-likeness (QED) is 0.571. The van der Waals surface area contributed by atoms with Gasteiger partial charge in [0.2, 0.25) is 0 Å². The van der Waals surface area contributed by atoms with Gasteiger partial charge >= 0.3 is 0 Å². The largest absolute Gasteiger partial charge is 0.397 e. The molecule has 2 aromatic carbocycles. The molecule has 4 heteroatoms. The van der Waals surface area contributed by atoms with Gasteiger partial charge in [-0.1, -0.05) is 42.0 Å². The van der Waals surface area contributed by atoms with Crippen molar-refractivity contribution in [3.63, 3.8) is 0 Å². The molecule has 1 aromatic heterocycles. The zero-order chi connectivity index (χ0) is 15.0. The van der Waals surface area contributed by atoms with Crippen molar-refractivity contribution >= 4 is 28.3 Å². The summed E-state index contributed by atoms with van der Waals surface area (Å²) in [6, 6.07) is 13.5. The van der Waals surface area contributed by atoms with Crippen molar-refractivity contribution in [3.8, 4) is 11.4 Å². The van der Waals surface area contributed by atoms with Crippen LogP contribution in [0.2, 0.25) is 5.02 Å². The zero-order valence-corrected chi connectivity index (χ0v) is 12.6. The molecule has 106 valence electrons. The van der Waals surface area contributed by atoms with Crippen molar-refractivity contribution in [2.45, 2.75) is 13.5 Å². The molecule has 2 N–H and O–H groups in total. The van der Waals surface area contributed by atoms with Gasteiger partial charge in [-0.05, 0) is 31.2 Å². The van der Waals surface area contributed by atoms with E-state index in [1.807, 2.05) is 49.4 Å². The molecule has 0 amide bonds. The summed E-state index contributed by atoms with van der Waals surface area (Å²) in [5, 5.41) is 0.675. The summed E-state index contributed by atoms with van der Waals surface area (Å²) in [5.74, 6) is 0.816. The van der Waals surface area contributed by atoms with E-state index in [-0.39, 0.29) is 0 Å². The Morgan fingerprint density at radius 1 is 1.24 bits per heavy atom. The molecule has 0 aliphatic rings. The molecule has 0 atom stereocenters. The highest BCUT2D eigenvalue weighted by atomic mass is 35.5. The van der Waals surface area contributed by atoms with Crippen LogP contribution in [-0.4, -0.2) is 9.55 Å². The number of hydrogen-bond donors (Lipinski definition) is 1. The van der Waals surface area contributed by atoms with Gasteiger partial charge in [-0.2, -0.15) is 0 Å². The molecule has 0 saturated heterocycles. The molecule has 21 heavy (non-hydrogen) atoms. The molecule has 1 heterocycles. The third-order valence-electron chi connectivity index (χ3n) is 3.35. The van der Waals surface area contributed by atoms with E-state index in [2.05, 4.69) is 11.1 Å². The van der Waals surface area contributed by atoms with Crippen LogP contribution >= 0.6 is 11.6 Å². The molecule has 0 radical (unpaired) electrons. The van der Waals surface area contributed by atoms with Crippen LogP contribution in [0, 0.1) is 0 Å². The second-order valence-electron chi connectivity index (χ2n) is 5.17. The molecule has 0 aliphatic heterocycles. The molecular weight excluding hydrogens is 282 g/mol. The lowest BCUT2D eigenvalue weighted by Gasteiger charge is -2.10. The predicted octanol–water partition coefficient (Wildman–Crippen LogP) is 4.52. The fourth-order valence-corrected chi connectivity index (χ4v) is 2.67.